The second-order valence-electron chi connectivity index (χ2n) is 4.94. The minimum atomic E-state index is -0.780. The third-order valence-electron chi connectivity index (χ3n) is 2.99. The number of hydrogen-bond donors (Lipinski definition) is 0. The summed E-state index contributed by atoms with van der Waals surface area (Å²) >= 11 is 9.51. The van der Waals surface area contributed by atoms with Gasteiger partial charge in [-0.2, -0.15) is 9.98 Å². The van der Waals surface area contributed by atoms with E-state index in [1.165, 1.54) is 15.4 Å². The first-order valence-corrected chi connectivity index (χ1v) is 9.53. The van der Waals surface area contributed by atoms with Gasteiger partial charge in [0.25, 0.3) is 0 Å². The van der Waals surface area contributed by atoms with Gasteiger partial charge in [-0.1, -0.05) is 33.7 Å². The highest BCUT2D eigenvalue weighted by Gasteiger charge is 2.30. The number of isothiocyanates is 2. The van der Waals surface area contributed by atoms with Gasteiger partial charge < -0.3 is 0 Å². The summed E-state index contributed by atoms with van der Waals surface area (Å²) in [6, 6.07) is 8.43. The Morgan fingerprint density at radius 1 is 1.14 bits per heavy atom. The molecule has 0 aromatic heterocycles. The van der Waals surface area contributed by atoms with Gasteiger partial charge in [-0.05, 0) is 73.7 Å². The van der Waals surface area contributed by atoms with Crippen molar-refractivity contribution in [1.29, 1.82) is 0 Å². The number of rotatable bonds is 5. The molecular formula is C16H14N2S4. The molecular weight excluding hydrogens is 348 g/mol. The Labute approximate surface area is 149 Å². The lowest BCUT2D eigenvalue weighted by atomic mass is 9.98. The van der Waals surface area contributed by atoms with Crippen molar-refractivity contribution < 1.29 is 0 Å². The van der Waals surface area contributed by atoms with E-state index in [9.17, 15) is 0 Å². The van der Waals surface area contributed by atoms with E-state index < -0.39 is 5.66 Å². The van der Waals surface area contributed by atoms with Crippen LogP contribution in [0.5, 0.6) is 0 Å². The SMILES string of the molecule is CC1=CC(N=C=S)(N=C=S)CC(SSc2cccc(C)c2)=C1. The van der Waals surface area contributed by atoms with Crippen LogP contribution in [0.15, 0.2) is 61.8 Å². The second kappa shape index (κ2) is 8.02. The number of hydrogen-bond acceptors (Lipinski definition) is 6. The Morgan fingerprint density at radius 3 is 2.50 bits per heavy atom. The van der Waals surface area contributed by atoms with E-state index in [0.717, 1.165) is 5.57 Å². The first kappa shape index (κ1) is 17.4. The van der Waals surface area contributed by atoms with Gasteiger partial charge in [0.1, 0.15) is 0 Å². The predicted molar refractivity (Wildman–Crippen MR) is 104 cm³/mol. The van der Waals surface area contributed by atoms with Gasteiger partial charge in [0.05, 0.1) is 10.3 Å². The minimum absolute atomic E-state index is 0.626. The molecule has 112 valence electrons. The molecule has 0 N–H and O–H groups in total. The normalized spacial score (nSPS) is 20.3. The van der Waals surface area contributed by atoms with Gasteiger partial charge in [-0.15, -0.1) is 0 Å². The molecule has 0 fully saturated rings. The molecule has 0 spiro atoms. The number of aryl methyl sites for hydroxylation is 1. The molecule has 0 saturated heterocycles. The van der Waals surface area contributed by atoms with Gasteiger partial charge in [-0.25, -0.2) is 0 Å². The smallest absolute Gasteiger partial charge is 0.193 e. The molecule has 0 heterocycles. The number of allylic oxidation sites excluding steroid dienone is 2. The fraction of sp³-hybridized carbons (Fsp3) is 0.250. The zero-order chi connectivity index (χ0) is 16.0. The van der Waals surface area contributed by atoms with E-state index in [4.69, 9.17) is 24.4 Å². The molecule has 22 heavy (non-hydrogen) atoms. The van der Waals surface area contributed by atoms with Crippen molar-refractivity contribution in [1.82, 2.24) is 0 Å². The van der Waals surface area contributed by atoms with Gasteiger partial charge >= 0.3 is 0 Å². The number of thiocarbonyl (C=S) groups is 2. The van der Waals surface area contributed by atoms with E-state index in [1.807, 2.05) is 13.0 Å². The zero-order valence-electron chi connectivity index (χ0n) is 12.2. The summed E-state index contributed by atoms with van der Waals surface area (Å²) in [4.78, 5) is 10.8. The highest BCUT2D eigenvalue weighted by Crippen LogP contribution is 2.44. The fourth-order valence-corrected chi connectivity index (χ4v) is 4.80. The first-order chi connectivity index (χ1) is 10.6. The molecule has 0 radical (unpaired) electrons. The van der Waals surface area contributed by atoms with Crippen LogP contribution >= 0.6 is 46.0 Å². The summed E-state index contributed by atoms with van der Waals surface area (Å²) in [6.45, 7) is 4.11. The minimum Gasteiger partial charge on any atom is -0.196 e. The summed E-state index contributed by atoms with van der Waals surface area (Å²) in [5.41, 5.74) is 1.56. The van der Waals surface area contributed by atoms with Crippen molar-refractivity contribution in [2.75, 3.05) is 0 Å². The Kier molecular flexibility index (Phi) is 6.33. The van der Waals surface area contributed by atoms with E-state index in [2.05, 4.69) is 57.6 Å². The lowest BCUT2D eigenvalue weighted by Gasteiger charge is -2.24. The molecule has 1 aromatic carbocycles. The molecule has 0 unspecified atom stereocenters. The summed E-state index contributed by atoms with van der Waals surface area (Å²) in [7, 11) is 3.44. The zero-order valence-corrected chi connectivity index (χ0v) is 15.5. The van der Waals surface area contributed by atoms with Crippen LogP contribution in [-0.2, 0) is 0 Å². The summed E-state index contributed by atoms with van der Waals surface area (Å²) in [5, 5.41) is 4.85. The van der Waals surface area contributed by atoms with E-state index >= 15 is 0 Å². The van der Waals surface area contributed by atoms with E-state index in [-0.39, 0.29) is 0 Å². The van der Waals surface area contributed by atoms with Gasteiger partial charge in [0.15, 0.2) is 5.66 Å². The van der Waals surface area contributed by atoms with Crippen LogP contribution in [0.4, 0.5) is 0 Å². The van der Waals surface area contributed by atoms with Crippen LogP contribution in [0.25, 0.3) is 0 Å². The highest BCUT2D eigenvalue weighted by molar-refractivity contribution is 8.78. The van der Waals surface area contributed by atoms with Crippen LogP contribution in [0.2, 0.25) is 0 Å². The van der Waals surface area contributed by atoms with Crippen molar-refractivity contribution in [2.24, 2.45) is 9.98 Å². The Balaban J connectivity index is 2.17. The standard InChI is InChI=1S/C16H14N2S4/c1-12-4-3-5-14(6-12)21-22-15-7-13(2)8-16(9-15,17-10-19)18-11-20/h3-8H,9H2,1-2H3. The van der Waals surface area contributed by atoms with Crippen molar-refractivity contribution in [3.63, 3.8) is 0 Å². The first-order valence-electron chi connectivity index (χ1n) is 6.56. The highest BCUT2D eigenvalue weighted by atomic mass is 33.1. The summed E-state index contributed by atoms with van der Waals surface area (Å²) < 4.78 is 0. The monoisotopic (exact) mass is 362 g/mol. The average Bonchev–Trinajstić information content (AvgIpc) is 2.45. The summed E-state index contributed by atoms with van der Waals surface area (Å²) in [5.74, 6) is 0. The average molecular weight is 363 g/mol. The number of nitrogens with zero attached hydrogens (tertiary/aromatic N) is 2. The van der Waals surface area contributed by atoms with Crippen molar-refractivity contribution >= 4 is 56.3 Å². The maximum Gasteiger partial charge on any atom is 0.193 e. The van der Waals surface area contributed by atoms with E-state index in [0.29, 0.717) is 6.42 Å². The second-order valence-corrected chi connectivity index (χ2v) is 7.64. The van der Waals surface area contributed by atoms with Gasteiger partial charge in [0.2, 0.25) is 0 Å². The third-order valence-corrected chi connectivity index (χ3v) is 5.65. The van der Waals surface area contributed by atoms with Crippen LogP contribution in [-0.4, -0.2) is 16.0 Å². The van der Waals surface area contributed by atoms with Gasteiger partial charge in [0, 0.05) is 16.2 Å². The molecule has 6 heteroatoms. The number of aliphatic imine (C=N–C) groups is 2. The molecule has 1 aromatic rings. The van der Waals surface area contributed by atoms with Crippen LogP contribution in [0.3, 0.4) is 0 Å². The topological polar surface area (TPSA) is 24.7 Å². The lowest BCUT2D eigenvalue weighted by molar-refractivity contribution is 0.564. The fourth-order valence-electron chi connectivity index (χ4n) is 2.17. The Bertz CT molecular complexity index is 705. The molecule has 1 aliphatic rings. The van der Waals surface area contributed by atoms with Crippen molar-refractivity contribution in [3.8, 4) is 0 Å². The van der Waals surface area contributed by atoms with E-state index in [1.54, 1.807) is 21.6 Å². The molecule has 2 rings (SSSR count). The molecule has 1 aliphatic carbocycles. The molecule has 0 bridgehead atoms. The molecule has 0 amide bonds. The Hall–Kier alpha value is -1.00. The molecule has 0 aliphatic heterocycles. The number of benzene rings is 1. The third kappa shape index (κ3) is 4.75. The van der Waals surface area contributed by atoms with Crippen LogP contribution in [0, 0.1) is 6.92 Å². The molecule has 2 nitrogen and oxygen atoms in total. The predicted octanol–water partition coefficient (Wildman–Crippen LogP) is 5.87. The van der Waals surface area contributed by atoms with Crippen LogP contribution < -0.4 is 0 Å². The van der Waals surface area contributed by atoms with Crippen molar-refractivity contribution in [2.45, 2.75) is 30.8 Å². The maximum absolute atomic E-state index is 4.75. The lowest BCUT2D eigenvalue weighted by Crippen LogP contribution is -2.23. The van der Waals surface area contributed by atoms with Gasteiger partial charge in [-0.3, -0.25) is 0 Å². The Morgan fingerprint density at radius 2 is 1.86 bits per heavy atom. The summed E-state index contributed by atoms with van der Waals surface area (Å²) in [6.07, 6.45) is 4.72. The molecule has 0 saturated carbocycles. The quantitative estimate of drug-likeness (QED) is 0.371. The maximum atomic E-state index is 4.75. The molecule has 0 atom stereocenters. The van der Waals surface area contributed by atoms with Crippen LogP contribution in [0.1, 0.15) is 18.9 Å². The largest absolute Gasteiger partial charge is 0.196 e. The van der Waals surface area contributed by atoms with Crippen molar-refractivity contribution in [3.05, 3.63) is 52.5 Å².